The van der Waals surface area contributed by atoms with Gasteiger partial charge in [0.1, 0.15) is 6.61 Å². The topological polar surface area (TPSA) is 39.2 Å². The molecule has 2 rings (SSSR count). The van der Waals surface area contributed by atoms with Crippen LogP contribution in [0.15, 0.2) is 41.8 Å². The molecule has 4 heteroatoms. The van der Waals surface area contributed by atoms with Gasteiger partial charge in [-0.1, -0.05) is 30.3 Å². The molecule has 1 aromatic heterocycles. The van der Waals surface area contributed by atoms with Crippen LogP contribution in [0.5, 0.6) is 0 Å². The number of carbonyl (C=O) groups is 1. The molecule has 1 aromatic carbocycles. The van der Waals surface area contributed by atoms with Crippen LogP contribution in [0, 0.1) is 6.92 Å². The number of rotatable bonds is 4. The lowest BCUT2D eigenvalue weighted by Gasteiger charge is -2.01. The minimum Gasteiger partial charge on any atom is -0.458 e. The smallest absolute Gasteiger partial charge is 0.331 e. The van der Waals surface area contributed by atoms with Gasteiger partial charge in [0.25, 0.3) is 0 Å². The molecule has 0 amide bonds. The number of benzene rings is 1. The number of aryl methyl sites for hydroxylation is 1. The Morgan fingerprint density at radius 2 is 2.17 bits per heavy atom. The van der Waals surface area contributed by atoms with Crippen molar-refractivity contribution in [3.63, 3.8) is 0 Å². The van der Waals surface area contributed by atoms with Crippen molar-refractivity contribution in [3.8, 4) is 0 Å². The summed E-state index contributed by atoms with van der Waals surface area (Å²) in [6, 6.07) is 9.59. The lowest BCUT2D eigenvalue weighted by atomic mass is 10.2. The van der Waals surface area contributed by atoms with Gasteiger partial charge in [-0.15, -0.1) is 11.3 Å². The molecule has 2 aromatic rings. The highest BCUT2D eigenvalue weighted by atomic mass is 32.1. The summed E-state index contributed by atoms with van der Waals surface area (Å²) in [6.07, 6.45) is 3.06. The van der Waals surface area contributed by atoms with Gasteiger partial charge < -0.3 is 4.74 Å². The van der Waals surface area contributed by atoms with Crippen molar-refractivity contribution in [1.29, 1.82) is 0 Å². The Hall–Kier alpha value is -1.94. The summed E-state index contributed by atoms with van der Waals surface area (Å²) in [5, 5.41) is 2.88. The van der Waals surface area contributed by atoms with E-state index >= 15 is 0 Å². The van der Waals surface area contributed by atoms with Crippen LogP contribution in [0.1, 0.15) is 16.3 Å². The Kier molecular flexibility index (Phi) is 4.25. The molecule has 18 heavy (non-hydrogen) atoms. The van der Waals surface area contributed by atoms with Crippen LogP contribution in [0.25, 0.3) is 6.08 Å². The normalized spacial score (nSPS) is 10.7. The van der Waals surface area contributed by atoms with Gasteiger partial charge in [0, 0.05) is 11.5 Å². The van der Waals surface area contributed by atoms with E-state index in [1.807, 2.05) is 42.6 Å². The fraction of sp³-hybridized carbons (Fsp3) is 0.143. The maximum Gasteiger partial charge on any atom is 0.331 e. The zero-order valence-corrected chi connectivity index (χ0v) is 10.8. The summed E-state index contributed by atoms with van der Waals surface area (Å²) in [5.74, 6) is -0.357. The molecule has 0 fully saturated rings. The van der Waals surface area contributed by atoms with E-state index in [4.69, 9.17) is 4.74 Å². The summed E-state index contributed by atoms with van der Waals surface area (Å²) in [5.41, 5.74) is 1.76. The lowest BCUT2D eigenvalue weighted by Crippen LogP contribution is -2.00. The molecule has 0 saturated carbocycles. The summed E-state index contributed by atoms with van der Waals surface area (Å²) in [7, 11) is 0. The maximum atomic E-state index is 11.5. The summed E-state index contributed by atoms with van der Waals surface area (Å²) < 4.78 is 5.11. The number of carbonyl (C=O) groups excluding carboxylic acids is 1. The fourth-order valence-electron chi connectivity index (χ4n) is 1.39. The molecule has 0 aliphatic heterocycles. The van der Waals surface area contributed by atoms with Gasteiger partial charge in [-0.2, -0.15) is 0 Å². The first-order valence-electron chi connectivity index (χ1n) is 5.55. The Bertz CT molecular complexity index is 546. The average molecular weight is 259 g/mol. The minimum absolute atomic E-state index is 0.292. The molecule has 0 aliphatic rings. The molecule has 0 atom stereocenters. The molecule has 0 bridgehead atoms. The van der Waals surface area contributed by atoms with Crippen LogP contribution in [0.2, 0.25) is 0 Å². The number of ether oxygens (including phenoxy) is 1. The molecule has 1 heterocycles. The number of hydrogen-bond acceptors (Lipinski definition) is 4. The first kappa shape index (κ1) is 12.5. The van der Waals surface area contributed by atoms with Gasteiger partial charge in [-0.05, 0) is 18.6 Å². The van der Waals surface area contributed by atoms with E-state index in [1.54, 1.807) is 17.4 Å². The van der Waals surface area contributed by atoms with E-state index in [0.29, 0.717) is 6.61 Å². The van der Waals surface area contributed by atoms with Crippen molar-refractivity contribution in [1.82, 2.24) is 4.98 Å². The van der Waals surface area contributed by atoms with Gasteiger partial charge in [0.15, 0.2) is 0 Å². The first-order valence-corrected chi connectivity index (χ1v) is 6.43. The quantitative estimate of drug-likeness (QED) is 0.625. The number of aromatic nitrogens is 1. The Morgan fingerprint density at radius 1 is 1.39 bits per heavy atom. The third kappa shape index (κ3) is 3.82. The van der Waals surface area contributed by atoms with Crippen LogP contribution >= 0.6 is 11.3 Å². The Morgan fingerprint density at radius 3 is 2.83 bits per heavy atom. The van der Waals surface area contributed by atoms with E-state index in [-0.39, 0.29) is 5.97 Å². The van der Waals surface area contributed by atoms with Crippen molar-refractivity contribution in [2.75, 3.05) is 0 Å². The van der Waals surface area contributed by atoms with Crippen molar-refractivity contribution < 1.29 is 9.53 Å². The maximum absolute atomic E-state index is 11.5. The van der Waals surface area contributed by atoms with Gasteiger partial charge in [-0.25, -0.2) is 9.78 Å². The average Bonchev–Trinajstić information content (AvgIpc) is 2.81. The second-order valence-corrected chi connectivity index (χ2v) is 4.78. The minimum atomic E-state index is -0.357. The fourth-order valence-corrected chi connectivity index (χ4v) is 1.97. The monoisotopic (exact) mass is 259 g/mol. The molecular formula is C14H13NO2S. The van der Waals surface area contributed by atoms with Crippen molar-refractivity contribution in [3.05, 3.63) is 58.1 Å². The second kappa shape index (κ2) is 6.12. The summed E-state index contributed by atoms with van der Waals surface area (Å²) in [4.78, 5) is 15.7. The standard InChI is InChI=1S/C14H13NO2S/c1-11-15-13(10-18-11)7-8-14(16)17-9-12-5-3-2-4-6-12/h2-8,10H,9H2,1H3/b8-7+. The number of esters is 1. The highest BCUT2D eigenvalue weighted by Gasteiger charge is 1.99. The third-order valence-corrected chi connectivity index (χ3v) is 3.04. The first-order chi connectivity index (χ1) is 8.74. The Balaban J connectivity index is 1.84. The largest absolute Gasteiger partial charge is 0.458 e. The van der Waals surface area contributed by atoms with Crippen LogP contribution in [-0.2, 0) is 16.1 Å². The van der Waals surface area contributed by atoms with Crippen molar-refractivity contribution >= 4 is 23.4 Å². The predicted octanol–water partition coefficient (Wildman–Crippen LogP) is 3.21. The van der Waals surface area contributed by atoms with Crippen molar-refractivity contribution in [2.45, 2.75) is 13.5 Å². The Labute approximate surface area is 110 Å². The second-order valence-electron chi connectivity index (χ2n) is 3.72. The number of thiazole rings is 1. The van der Waals surface area contributed by atoms with Crippen LogP contribution in [-0.4, -0.2) is 11.0 Å². The van der Waals surface area contributed by atoms with E-state index in [1.165, 1.54) is 6.08 Å². The molecule has 0 spiro atoms. The third-order valence-electron chi connectivity index (χ3n) is 2.25. The van der Waals surface area contributed by atoms with Crippen LogP contribution in [0.3, 0.4) is 0 Å². The summed E-state index contributed by atoms with van der Waals surface area (Å²) in [6.45, 7) is 2.22. The van der Waals surface area contributed by atoms with Gasteiger partial charge >= 0.3 is 5.97 Å². The van der Waals surface area contributed by atoms with Gasteiger partial charge in [0.05, 0.1) is 10.7 Å². The van der Waals surface area contributed by atoms with E-state index in [9.17, 15) is 4.79 Å². The molecule has 3 nitrogen and oxygen atoms in total. The molecule has 0 unspecified atom stereocenters. The SMILES string of the molecule is Cc1nc(/C=C/C(=O)OCc2ccccc2)cs1. The van der Waals surface area contributed by atoms with Gasteiger partial charge in [-0.3, -0.25) is 0 Å². The molecule has 0 aliphatic carbocycles. The number of nitrogens with zero attached hydrogens (tertiary/aromatic N) is 1. The molecule has 0 radical (unpaired) electrons. The molecule has 0 N–H and O–H groups in total. The molecule has 0 saturated heterocycles. The number of hydrogen-bond donors (Lipinski definition) is 0. The zero-order chi connectivity index (χ0) is 12.8. The highest BCUT2D eigenvalue weighted by Crippen LogP contribution is 2.09. The van der Waals surface area contributed by atoms with Gasteiger partial charge in [0.2, 0.25) is 0 Å². The van der Waals surface area contributed by atoms with Crippen LogP contribution in [0.4, 0.5) is 0 Å². The van der Waals surface area contributed by atoms with E-state index in [0.717, 1.165) is 16.3 Å². The van der Waals surface area contributed by atoms with Crippen LogP contribution < -0.4 is 0 Å². The van der Waals surface area contributed by atoms with E-state index < -0.39 is 0 Å². The predicted molar refractivity (Wildman–Crippen MR) is 72.1 cm³/mol. The van der Waals surface area contributed by atoms with Crippen molar-refractivity contribution in [2.24, 2.45) is 0 Å². The molecule has 92 valence electrons. The van der Waals surface area contributed by atoms with E-state index in [2.05, 4.69) is 4.98 Å². The highest BCUT2D eigenvalue weighted by molar-refractivity contribution is 7.09. The molecular weight excluding hydrogens is 246 g/mol. The lowest BCUT2D eigenvalue weighted by molar-refractivity contribution is -0.138. The summed E-state index contributed by atoms with van der Waals surface area (Å²) >= 11 is 1.55. The zero-order valence-electron chi connectivity index (χ0n) is 10.00.